The Morgan fingerprint density at radius 2 is 1.75 bits per heavy atom. The van der Waals surface area contributed by atoms with Crippen molar-refractivity contribution >= 4 is 29.1 Å². The first-order valence-electron chi connectivity index (χ1n) is 6.12. The monoisotopic (exact) mass is 294 g/mol. The second-order valence-corrected chi connectivity index (χ2v) is 5.85. The van der Waals surface area contributed by atoms with Gasteiger partial charge in [0.2, 0.25) is 0 Å². The molecule has 0 spiro atoms. The lowest BCUT2D eigenvalue weighted by molar-refractivity contribution is 0.0209. The van der Waals surface area contributed by atoms with Crippen LogP contribution in [0.3, 0.4) is 0 Å². The van der Waals surface area contributed by atoms with Gasteiger partial charge in [-0.15, -0.1) is 0 Å². The Balaban J connectivity index is 2.34. The van der Waals surface area contributed by atoms with E-state index in [1.807, 2.05) is 0 Å². The molecule has 0 aliphatic heterocycles. The number of carbonyl (C=O) groups is 1. The van der Waals surface area contributed by atoms with Crippen LogP contribution in [-0.4, -0.2) is 11.8 Å². The van der Waals surface area contributed by atoms with E-state index in [0.717, 1.165) is 0 Å². The lowest BCUT2D eigenvalue weighted by atomic mass is 10.1. The van der Waals surface area contributed by atoms with E-state index in [2.05, 4.69) is 0 Å². The Labute approximate surface area is 121 Å². The number of hydrogen-bond acceptors (Lipinski definition) is 4. The number of ether oxygens (including phenoxy) is 2. The summed E-state index contributed by atoms with van der Waals surface area (Å²) >= 11 is 0.164. The molecular formula is C15H15FO3S. The summed E-state index contributed by atoms with van der Waals surface area (Å²) in [6, 6.07) is 10.3. The summed E-state index contributed by atoms with van der Waals surface area (Å²) in [6.45, 7) is 5.28. The van der Waals surface area contributed by atoms with Crippen molar-refractivity contribution in [3.8, 4) is 5.75 Å². The molecule has 0 aliphatic carbocycles. The van der Waals surface area contributed by atoms with Crippen molar-refractivity contribution in [3.63, 3.8) is 0 Å². The fourth-order valence-corrected chi connectivity index (χ4v) is 2.14. The Kier molecular flexibility index (Phi) is 4.18. The summed E-state index contributed by atoms with van der Waals surface area (Å²) in [5.41, 5.74) is -0.623. The van der Waals surface area contributed by atoms with Gasteiger partial charge in [0.05, 0.1) is 12.1 Å². The van der Waals surface area contributed by atoms with Crippen LogP contribution in [0.2, 0.25) is 0 Å². The average Bonchev–Trinajstić information content (AvgIpc) is 2.37. The van der Waals surface area contributed by atoms with Gasteiger partial charge in [-0.25, -0.2) is 4.79 Å². The van der Waals surface area contributed by atoms with Crippen molar-refractivity contribution in [2.24, 2.45) is 0 Å². The minimum absolute atomic E-state index is 0.164. The zero-order valence-electron chi connectivity index (χ0n) is 11.5. The van der Waals surface area contributed by atoms with Gasteiger partial charge in [-0.2, -0.15) is 3.89 Å². The summed E-state index contributed by atoms with van der Waals surface area (Å²) in [6.07, 6.45) is -0.775. The highest BCUT2D eigenvalue weighted by Gasteiger charge is 2.19. The van der Waals surface area contributed by atoms with Gasteiger partial charge >= 0.3 is 6.16 Å². The first-order valence-corrected chi connectivity index (χ1v) is 6.83. The van der Waals surface area contributed by atoms with Gasteiger partial charge in [-0.1, -0.05) is 24.3 Å². The molecule has 5 heteroatoms. The number of hydrogen-bond donors (Lipinski definition) is 0. The molecular weight excluding hydrogens is 279 g/mol. The highest BCUT2D eigenvalue weighted by atomic mass is 32.2. The number of fused-ring (bicyclic) bond motifs is 1. The fraction of sp³-hybridized carbons (Fsp3) is 0.267. The van der Waals surface area contributed by atoms with Gasteiger partial charge in [0.25, 0.3) is 0 Å². The highest BCUT2D eigenvalue weighted by molar-refractivity contribution is 7.94. The third-order valence-corrected chi connectivity index (χ3v) is 3.03. The van der Waals surface area contributed by atoms with Crippen LogP contribution in [-0.2, 0) is 4.74 Å². The average molecular weight is 294 g/mol. The maximum atomic E-state index is 12.9. The van der Waals surface area contributed by atoms with E-state index in [4.69, 9.17) is 9.47 Å². The van der Waals surface area contributed by atoms with Crippen LogP contribution in [0.1, 0.15) is 20.8 Å². The van der Waals surface area contributed by atoms with Crippen molar-refractivity contribution in [3.05, 3.63) is 36.4 Å². The van der Waals surface area contributed by atoms with E-state index in [1.165, 1.54) is 0 Å². The van der Waals surface area contributed by atoms with Gasteiger partial charge in [-0.05, 0) is 32.9 Å². The van der Waals surface area contributed by atoms with E-state index >= 15 is 0 Å². The van der Waals surface area contributed by atoms with Gasteiger partial charge in [0.1, 0.15) is 11.4 Å². The predicted molar refractivity (Wildman–Crippen MR) is 77.8 cm³/mol. The van der Waals surface area contributed by atoms with Crippen LogP contribution in [0.5, 0.6) is 5.75 Å². The largest absolute Gasteiger partial charge is 0.514 e. The number of carbonyl (C=O) groups excluding carboxylic acids is 1. The summed E-state index contributed by atoms with van der Waals surface area (Å²) < 4.78 is 23.2. The number of rotatable bonds is 2. The fourth-order valence-electron chi connectivity index (χ4n) is 1.76. The minimum Gasteiger partial charge on any atom is -0.428 e. The molecule has 0 radical (unpaired) electrons. The van der Waals surface area contributed by atoms with E-state index in [-0.39, 0.29) is 12.1 Å². The van der Waals surface area contributed by atoms with Crippen LogP contribution < -0.4 is 4.74 Å². The minimum atomic E-state index is -0.775. The molecule has 2 aromatic carbocycles. The van der Waals surface area contributed by atoms with Crippen LogP contribution in [0.25, 0.3) is 10.8 Å². The summed E-state index contributed by atoms with van der Waals surface area (Å²) in [5, 5.41) is 1.36. The molecule has 2 aromatic rings. The maximum Gasteiger partial charge on any atom is 0.514 e. The topological polar surface area (TPSA) is 35.5 Å². The van der Waals surface area contributed by atoms with Crippen LogP contribution in [0.15, 0.2) is 41.3 Å². The molecule has 106 valence electrons. The number of benzene rings is 2. The Bertz CT molecular complexity index is 635. The quantitative estimate of drug-likeness (QED) is 0.568. The van der Waals surface area contributed by atoms with E-state index in [9.17, 15) is 8.68 Å². The molecule has 0 saturated heterocycles. The molecule has 0 amide bonds. The molecule has 0 unspecified atom stereocenters. The molecule has 0 saturated carbocycles. The predicted octanol–water partition coefficient (Wildman–Crippen LogP) is 5.13. The normalized spacial score (nSPS) is 11.4. The van der Waals surface area contributed by atoms with Crippen LogP contribution in [0.4, 0.5) is 8.68 Å². The first kappa shape index (κ1) is 14.7. The lowest BCUT2D eigenvalue weighted by Gasteiger charge is -2.19. The maximum absolute atomic E-state index is 12.9. The molecule has 0 heterocycles. The molecule has 2 rings (SSSR count). The van der Waals surface area contributed by atoms with Crippen molar-refractivity contribution in [1.29, 1.82) is 0 Å². The molecule has 0 fully saturated rings. The summed E-state index contributed by atoms with van der Waals surface area (Å²) in [7, 11) is 0. The molecule has 0 aromatic heterocycles. The molecule has 0 aliphatic rings. The Morgan fingerprint density at radius 3 is 2.35 bits per heavy atom. The van der Waals surface area contributed by atoms with Gasteiger partial charge < -0.3 is 9.47 Å². The second kappa shape index (κ2) is 5.71. The summed E-state index contributed by atoms with van der Waals surface area (Å²) in [4.78, 5) is 12.2. The highest BCUT2D eigenvalue weighted by Crippen LogP contribution is 2.34. The van der Waals surface area contributed by atoms with Crippen LogP contribution in [0, 0.1) is 0 Å². The Hall–Kier alpha value is -1.75. The molecule has 20 heavy (non-hydrogen) atoms. The summed E-state index contributed by atoms with van der Waals surface area (Å²) in [5.74, 6) is 0.354. The van der Waals surface area contributed by atoms with Gasteiger partial charge in [0, 0.05) is 15.7 Å². The SMILES string of the molecule is CC(C)(C)OC(=O)Oc1ccc(SF)c2ccccc12. The van der Waals surface area contributed by atoms with Crippen LogP contribution >= 0.6 is 12.1 Å². The van der Waals surface area contributed by atoms with Crippen molar-refractivity contribution < 1.29 is 18.2 Å². The van der Waals surface area contributed by atoms with Crippen molar-refractivity contribution in [1.82, 2.24) is 0 Å². The van der Waals surface area contributed by atoms with E-state index in [0.29, 0.717) is 21.4 Å². The number of halogens is 1. The second-order valence-electron chi connectivity index (χ2n) is 5.25. The zero-order valence-corrected chi connectivity index (χ0v) is 12.3. The van der Waals surface area contributed by atoms with E-state index < -0.39 is 11.8 Å². The molecule has 3 nitrogen and oxygen atoms in total. The molecule has 0 atom stereocenters. The lowest BCUT2D eigenvalue weighted by Crippen LogP contribution is -2.26. The smallest absolute Gasteiger partial charge is 0.428 e. The third-order valence-electron chi connectivity index (χ3n) is 2.51. The molecule has 0 bridgehead atoms. The van der Waals surface area contributed by atoms with Gasteiger partial charge in [0.15, 0.2) is 0 Å². The first-order chi connectivity index (χ1) is 9.40. The standard InChI is InChI=1S/C15H15FO3S/c1-15(2,3)19-14(17)18-12-8-9-13(20-16)11-7-5-4-6-10(11)12/h4-9H,1-3H3. The van der Waals surface area contributed by atoms with Crippen molar-refractivity contribution in [2.45, 2.75) is 31.3 Å². The molecule has 0 N–H and O–H groups in total. The van der Waals surface area contributed by atoms with Gasteiger partial charge in [-0.3, -0.25) is 0 Å². The third kappa shape index (κ3) is 3.42. The van der Waals surface area contributed by atoms with E-state index in [1.54, 1.807) is 57.2 Å². The Morgan fingerprint density at radius 1 is 1.10 bits per heavy atom. The van der Waals surface area contributed by atoms with Crippen molar-refractivity contribution in [2.75, 3.05) is 0 Å². The zero-order chi connectivity index (χ0) is 14.8.